The number of hydrogen-bond donors (Lipinski definition) is 3. The molecule has 1 heterocycles. The fourth-order valence-electron chi connectivity index (χ4n) is 2.92. The van der Waals surface area contributed by atoms with Gasteiger partial charge in [0.1, 0.15) is 6.73 Å². The molecule has 3 atom stereocenters. The first kappa shape index (κ1) is 17.4. The van der Waals surface area contributed by atoms with Gasteiger partial charge in [0.15, 0.2) is 18.2 Å². The third-order valence-corrected chi connectivity index (χ3v) is 4.24. The standard InChI is InChI=1S/C16H22N2O5/c1-11(2)16(9-19,17-15(21)22)18-10-23-14(20)13(18)8-12-6-4-3-5-7-12/h3-7,9,11,13-14,17,20H,8,10H2,1-2H3,(H,21,22). The molecule has 0 aliphatic carbocycles. The van der Waals surface area contributed by atoms with Gasteiger partial charge in [0.25, 0.3) is 0 Å². The zero-order valence-electron chi connectivity index (χ0n) is 13.2. The van der Waals surface area contributed by atoms with Gasteiger partial charge in [-0.1, -0.05) is 44.2 Å². The average Bonchev–Trinajstić information content (AvgIpc) is 2.87. The van der Waals surface area contributed by atoms with Gasteiger partial charge in [0.05, 0.1) is 6.04 Å². The van der Waals surface area contributed by atoms with E-state index in [1.807, 2.05) is 30.3 Å². The maximum atomic E-state index is 11.8. The summed E-state index contributed by atoms with van der Waals surface area (Å²) in [5, 5.41) is 21.6. The summed E-state index contributed by atoms with van der Waals surface area (Å²) in [6.45, 7) is 3.46. The second-order valence-electron chi connectivity index (χ2n) is 5.94. The van der Waals surface area contributed by atoms with Crippen LogP contribution in [0.2, 0.25) is 0 Å². The lowest BCUT2D eigenvalue weighted by Gasteiger charge is -2.42. The molecule has 1 aliphatic heterocycles. The van der Waals surface area contributed by atoms with Crippen molar-refractivity contribution in [3.05, 3.63) is 35.9 Å². The number of nitrogens with one attached hydrogen (secondary N) is 1. The molecule has 23 heavy (non-hydrogen) atoms. The molecule has 1 saturated heterocycles. The normalized spacial score (nSPS) is 24.3. The van der Waals surface area contributed by atoms with Crippen molar-refractivity contribution in [2.45, 2.75) is 38.3 Å². The minimum Gasteiger partial charge on any atom is -0.465 e. The third-order valence-electron chi connectivity index (χ3n) is 4.24. The monoisotopic (exact) mass is 322 g/mol. The number of benzene rings is 1. The third kappa shape index (κ3) is 3.52. The van der Waals surface area contributed by atoms with Gasteiger partial charge < -0.3 is 14.9 Å². The molecular formula is C16H22N2O5. The molecule has 7 nitrogen and oxygen atoms in total. The van der Waals surface area contributed by atoms with Crippen molar-refractivity contribution >= 4 is 12.4 Å². The molecule has 1 aliphatic rings. The average molecular weight is 322 g/mol. The Hall–Kier alpha value is -1.96. The van der Waals surface area contributed by atoms with Gasteiger partial charge >= 0.3 is 6.09 Å². The van der Waals surface area contributed by atoms with E-state index >= 15 is 0 Å². The molecule has 0 aromatic heterocycles. The van der Waals surface area contributed by atoms with E-state index in [1.165, 1.54) is 0 Å². The van der Waals surface area contributed by atoms with Crippen LogP contribution in [0.25, 0.3) is 0 Å². The largest absolute Gasteiger partial charge is 0.465 e. The Morgan fingerprint density at radius 2 is 2.13 bits per heavy atom. The number of nitrogens with zero attached hydrogens (tertiary/aromatic N) is 1. The van der Waals surface area contributed by atoms with Crippen LogP contribution in [0.4, 0.5) is 4.79 Å². The van der Waals surface area contributed by atoms with E-state index in [1.54, 1.807) is 18.7 Å². The summed E-state index contributed by atoms with van der Waals surface area (Å²) >= 11 is 0. The molecular weight excluding hydrogens is 300 g/mol. The quantitative estimate of drug-likeness (QED) is 0.677. The lowest BCUT2D eigenvalue weighted by molar-refractivity contribution is -0.126. The van der Waals surface area contributed by atoms with Gasteiger partial charge in [-0.3, -0.25) is 10.1 Å². The molecule has 2 rings (SSSR count). The molecule has 1 aromatic rings. The van der Waals surface area contributed by atoms with Crippen LogP contribution in [-0.4, -0.2) is 52.2 Å². The lowest BCUT2D eigenvalue weighted by Crippen LogP contribution is -2.67. The summed E-state index contributed by atoms with van der Waals surface area (Å²) in [5.74, 6) is -0.344. The molecule has 0 saturated carbocycles. The number of rotatable bonds is 6. The summed E-state index contributed by atoms with van der Waals surface area (Å²) in [4.78, 5) is 24.6. The number of aldehydes is 1. The summed E-state index contributed by atoms with van der Waals surface area (Å²) in [7, 11) is 0. The zero-order valence-corrected chi connectivity index (χ0v) is 13.2. The van der Waals surface area contributed by atoms with Crippen molar-refractivity contribution in [3.63, 3.8) is 0 Å². The molecule has 0 spiro atoms. The molecule has 3 N–H and O–H groups in total. The highest BCUT2D eigenvalue weighted by Gasteiger charge is 2.50. The smallest absolute Gasteiger partial charge is 0.406 e. The zero-order chi connectivity index (χ0) is 17.0. The second kappa shape index (κ2) is 7.08. The van der Waals surface area contributed by atoms with Gasteiger partial charge in [-0.05, 0) is 17.9 Å². The van der Waals surface area contributed by atoms with Gasteiger partial charge in [0.2, 0.25) is 0 Å². The van der Waals surface area contributed by atoms with Crippen molar-refractivity contribution < 1.29 is 24.5 Å². The minimum absolute atomic E-state index is 0.0319. The van der Waals surface area contributed by atoms with Crippen LogP contribution in [0, 0.1) is 5.92 Å². The van der Waals surface area contributed by atoms with E-state index in [0.29, 0.717) is 12.7 Å². The van der Waals surface area contributed by atoms with Crippen molar-refractivity contribution in [2.75, 3.05) is 6.73 Å². The molecule has 0 radical (unpaired) electrons. The molecule has 1 fully saturated rings. The molecule has 3 unspecified atom stereocenters. The summed E-state index contributed by atoms with van der Waals surface area (Å²) in [6.07, 6.45) is -1.38. The number of aliphatic hydroxyl groups excluding tert-OH is 1. The molecule has 7 heteroatoms. The number of ether oxygens (including phenoxy) is 1. The first-order chi connectivity index (χ1) is 10.9. The fourth-order valence-corrected chi connectivity index (χ4v) is 2.92. The maximum absolute atomic E-state index is 11.8. The van der Waals surface area contributed by atoms with Crippen LogP contribution in [0.15, 0.2) is 30.3 Å². The van der Waals surface area contributed by atoms with Gasteiger partial charge in [0, 0.05) is 0 Å². The highest BCUT2D eigenvalue weighted by Crippen LogP contribution is 2.30. The van der Waals surface area contributed by atoms with Gasteiger partial charge in [-0.2, -0.15) is 0 Å². The van der Waals surface area contributed by atoms with Gasteiger partial charge in [-0.15, -0.1) is 0 Å². The van der Waals surface area contributed by atoms with E-state index in [-0.39, 0.29) is 12.6 Å². The molecule has 1 aromatic carbocycles. The van der Waals surface area contributed by atoms with Crippen LogP contribution in [0.1, 0.15) is 19.4 Å². The Kier molecular flexibility index (Phi) is 5.35. The second-order valence-corrected chi connectivity index (χ2v) is 5.94. The predicted molar refractivity (Wildman–Crippen MR) is 82.5 cm³/mol. The Balaban J connectivity index is 2.32. The number of amides is 1. The van der Waals surface area contributed by atoms with Crippen LogP contribution < -0.4 is 5.32 Å². The number of carboxylic acid groups (broad SMARTS) is 1. The Morgan fingerprint density at radius 3 is 2.65 bits per heavy atom. The van der Waals surface area contributed by atoms with E-state index in [2.05, 4.69) is 5.32 Å². The van der Waals surface area contributed by atoms with Crippen LogP contribution >= 0.6 is 0 Å². The number of carbonyl (C=O) groups is 2. The van der Waals surface area contributed by atoms with E-state index in [4.69, 9.17) is 9.84 Å². The first-order valence-corrected chi connectivity index (χ1v) is 7.48. The van der Waals surface area contributed by atoms with Crippen LogP contribution in [-0.2, 0) is 16.0 Å². The van der Waals surface area contributed by atoms with E-state index < -0.39 is 24.1 Å². The Bertz CT molecular complexity index is 551. The minimum atomic E-state index is -1.46. The van der Waals surface area contributed by atoms with Crippen molar-refractivity contribution in [2.24, 2.45) is 5.92 Å². The summed E-state index contributed by atoms with van der Waals surface area (Å²) in [6, 6.07) is 8.94. The number of aliphatic hydroxyl groups is 1. The predicted octanol–water partition coefficient (Wildman–Crippen LogP) is 1.02. The fraction of sp³-hybridized carbons (Fsp3) is 0.500. The van der Waals surface area contributed by atoms with Crippen LogP contribution in [0.3, 0.4) is 0 Å². The SMILES string of the molecule is CC(C)C(C=O)(NC(=O)O)N1COC(O)C1Cc1ccccc1. The Morgan fingerprint density at radius 1 is 1.48 bits per heavy atom. The number of carbonyl (C=O) groups excluding carboxylic acids is 1. The Labute approximate surface area is 134 Å². The first-order valence-electron chi connectivity index (χ1n) is 7.48. The van der Waals surface area contributed by atoms with Crippen molar-refractivity contribution in [1.29, 1.82) is 0 Å². The van der Waals surface area contributed by atoms with Gasteiger partial charge in [-0.25, -0.2) is 9.69 Å². The summed E-state index contributed by atoms with van der Waals surface area (Å²) in [5.41, 5.74) is -0.492. The van der Waals surface area contributed by atoms with Crippen molar-refractivity contribution in [3.8, 4) is 0 Å². The lowest BCUT2D eigenvalue weighted by atomic mass is 9.92. The molecule has 126 valence electrons. The summed E-state index contributed by atoms with van der Waals surface area (Å²) < 4.78 is 5.28. The van der Waals surface area contributed by atoms with Crippen LogP contribution in [0.5, 0.6) is 0 Å². The molecule has 0 bridgehead atoms. The number of hydrogen-bond acceptors (Lipinski definition) is 5. The highest BCUT2D eigenvalue weighted by molar-refractivity contribution is 5.75. The van der Waals surface area contributed by atoms with Crippen molar-refractivity contribution in [1.82, 2.24) is 10.2 Å². The maximum Gasteiger partial charge on any atom is 0.406 e. The highest BCUT2D eigenvalue weighted by atomic mass is 16.6. The topological polar surface area (TPSA) is 99.1 Å². The van der Waals surface area contributed by atoms with E-state index in [9.17, 15) is 14.7 Å². The van der Waals surface area contributed by atoms with E-state index in [0.717, 1.165) is 5.56 Å². The molecule has 1 amide bonds.